The van der Waals surface area contributed by atoms with Gasteiger partial charge in [-0.3, -0.25) is 9.69 Å². The Balaban J connectivity index is 1.40. The molecule has 0 atom stereocenters. The molecule has 4 rings (SSSR count). The van der Waals surface area contributed by atoms with Crippen LogP contribution in [0.1, 0.15) is 15.2 Å². The molecule has 2 heterocycles. The highest BCUT2D eigenvalue weighted by molar-refractivity contribution is 7.20. The molecule has 0 bridgehead atoms. The number of nitrogens with zero attached hydrogens (tertiary/aromatic N) is 2. The first-order valence-corrected chi connectivity index (χ1v) is 9.35. The molecule has 25 heavy (non-hydrogen) atoms. The molecular weight excluding hydrogens is 330 g/mol. The number of anilines is 1. The number of rotatable bonds is 3. The molecule has 4 nitrogen and oxygen atoms in total. The highest BCUT2D eigenvalue weighted by Crippen LogP contribution is 2.28. The van der Waals surface area contributed by atoms with Crippen molar-refractivity contribution in [3.8, 4) is 0 Å². The van der Waals surface area contributed by atoms with E-state index in [9.17, 15) is 4.79 Å². The van der Waals surface area contributed by atoms with Crippen molar-refractivity contribution in [3.05, 3.63) is 65.0 Å². The van der Waals surface area contributed by atoms with Crippen LogP contribution in [0.3, 0.4) is 0 Å². The molecule has 1 aliphatic heterocycles. The monoisotopic (exact) mass is 351 g/mol. The van der Waals surface area contributed by atoms with Gasteiger partial charge in [0.15, 0.2) is 0 Å². The molecule has 1 fully saturated rings. The number of thiophene rings is 1. The van der Waals surface area contributed by atoms with Gasteiger partial charge in [0.1, 0.15) is 0 Å². The predicted molar refractivity (Wildman–Crippen MR) is 104 cm³/mol. The molecule has 2 N–H and O–H groups in total. The Kier molecular flexibility index (Phi) is 4.42. The molecular formula is C20H21N3OS. The van der Waals surface area contributed by atoms with Gasteiger partial charge in [0.05, 0.1) is 4.88 Å². The van der Waals surface area contributed by atoms with Crippen LogP contribution in [0.4, 0.5) is 5.69 Å². The van der Waals surface area contributed by atoms with E-state index < -0.39 is 0 Å². The normalized spacial score (nSPS) is 15.6. The second-order valence-corrected chi connectivity index (χ2v) is 7.55. The standard InChI is InChI=1S/C20H21N3OS/c21-17-6-7-18-16(12-17)13-19(25-18)20(24)23-10-8-22(9-11-23)14-15-4-2-1-3-5-15/h1-7,12-13H,8-11,14,21H2. The number of carbonyl (C=O) groups is 1. The van der Waals surface area contributed by atoms with E-state index in [2.05, 4.69) is 29.2 Å². The summed E-state index contributed by atoms with van der Waals surface area (Å²) in [5.41, 5.74) is 7.89. The van der Waals surface area contributed by atoms with Crippen LogP contribution < -0.4 is 5.73 Å². The van der Waals surface area contributed by atoms with Crippen LogP contribution in [-0.4, -0.2) is 41.9 Å². The van der Waals surface area contributed by atoms with Crippen molar-refractivity contribution < 1.29 is 4.79 Å². The van der Waals surface area contributed by atoms with Crippen molar-refractivity contribution in [2.45, 2.75) is 6.54 Å². The van der Waals surface area contributed by atoms with Gasteiger partial charge in [-0.2, -0.15) is 0 Å². The third-order valence-corrected chi connectivity index (χ3v) is 5.76. The van der Waals surface area contributed by atoms with Crippen molar-refractivity contribution in [1.29, 1.82) is 0 Å². The molecule has 3 aromatic rings. The Bertz CT molecular complexity index is 882. The molecule has 128 valence electrons. The van der Waals surface area contributed by atoms with Gasteiger partial charge in [0.25, 0.3) is 5.91 Å². The fourth-order valence-electron chi connectivity index (χ4n) is 3.27. The quantitative estimate of drug-likeness (QED) is 0.736. The van der Waals surface area contributed by atoms with Crippen LogP contribution in [0, 0.1) is 0 Å². The second kappa shape index (κ2) is 6.86. The van der Waals surface area contributed by atoms with E-state index in [1.165, 1.54) is 5.56 Å². The SMILES string of the molecule is Nc1ccc2sc(C(=O)N3CCN(Cc4ccccc4)CC3)cc2c1. The lowest BCUT2D eigenvalue weighted by Gasteiger charge is -2.34. The maximum Gasteiger partial charge on any atom is 0.264 e. The number of nitrogen functional groups attached to an aromatic ring is 1. The van der Waals surface area contributed by atoms with Gasteiger partial charge in [-0.05, 0) is 35.2 Å². The highest BCUT2D eigenvalue weighted by Gasteiger charge is 2.23. The van der Waals surface area contributed by atoms with E-state index in [1.54, 1.807) is 11.3 Å². The molecule has 0 unspecified atom stereocenters. The lowest BCUT2D eigenvalue weighted by atomic mass is 10.2. The smallest absolute Gasteiger partial charge is 0.264 e. The van der Waals surface area contributed by atoms with Crippen LogP contribution in [-0.2, 0) is 6.54 Å². The van der Waals surface area contributed by atoms with Crippen molar-refractivity contribution in [2.24, 2.45) is 0 Å². The maximum atomic E-state index is 12.8. The van der Waals surface area contributed by atoms with E-state index in [0.717, 1.165) is 53.4 Å². The number of benzene rings is 2. The topological polar surface area (TPSA) is 49.6 Å². The number of piperazine rings is 1. The van der Waals surface area contributed by atoms with Crippen molar-refractivity contribution >= 4 is 33.0 Å². The molecule has 1 aromatic heterocycles. The van der Waals surface area contributed by atoms with Crippen LogP contribution in [0.25, 0.3) is 10.1 Å². The summed E-state index contributed by atoms with van der Waals surface area (Å²) < 4.78 is 1.11. The zero-order valence-corrected chi connectivity index (χ0v) is 14.8. The molecule has 0 aliphatic carbocycles. The number of hydrogen-bond donors (Lipinski definition) is 1. The summed E-state index contributed by atoms with van der Waals surface area (Å²) in [6.07, 6.45) is 0. The van der Waals surface area contributed by atoms with Gasteiger partial charge in [0, 0.05) is 43.1 Å². The molecule has 1 saturated heterocycles. The first kappa shape index (κ1) is 16.1. The summed E-state index contributed by atoms with van der Waals surface area (Å²) >= 11 is 1.55. The first-order chi connectivity index (χ1) is 12.2. The van der Waals surface area contributed by atoms with Gasteiger partial charge in [0.2, 0.25) is 0 Å². The lowest BCUT2D eigenvalue weighted by molar-refractivity contribution is 0.0633. The summed E-state index contributed by atoms with van der Waals surface area (Å²) in [5, 5.41) is 1.05. The van der Waals surface area contributed by atoms with Gasteiger partial charge >= 0.3 is 0 Å². The summed E-state index contributed by atoms with van der Waals surface area (Å²) in [7, 11) is 0. The van der Waals surface area contributed by atoms with Crippen LogP contribution in [0.15, 0.2) is 54.6 Å². The molecule has 1 aliphatic rings. The Morgan fingerprint density at radius 2 is 1.76 bits per heavy atom. The molecule has 2 aromatic carbocycles. The highest BCUT2D eigenvalue weighted by atomic mass is 32.1. The van der Waals surface area contributed by atoms with Crippen LogP contribution in [0.2, 0.25) is 0 Å². The first-order valence-electron chi connectivity index (χ1n) is 8.54. The summed E-state index contributed by atoms with van der Waals surface area (Å²) in [6.45, 7) is 4.34. The van der Waals surface area contributed by atoms with E-state index in [4.69, 9.17) is 5.73 Å². The minimum atomic E-state index is 0.138. The minimum Gasteiger partial charge on any atom is -0.399 e. The fourth-order valence-corrected chi connectivity index (χ4v) is 4.28. The van der Waals surface area contributed by atoms with E-state index in [1.807, 2.05) is 35.2 Å². The minimum absolute atomic E-state index is 0.138. The lowest BCUT2D eigenvalue weighted by Crippen LogP contribution is -2.48. The average molecular weight is 351 g/mol. The molecule has 0 spiro atoms. The van der Waals surface area contributed by atoms with Crippen LogP contribution >= 0.6 is 11.3 Å². The van der Waals surface area contributed by atoms with Crippen molar-refractivity contribution in [2.75, 3.05) is 31.9 Å². The third-order valence-electron chi connectivity index (χ3n) is 4.66. The number of fused-ring (bicyclic) bond motifs is 1. The van der Waals surface area contributed by atoms with Crippen LogP contribution in [0.5, 0.6) is 0 Å². The van der Waals surface area contributed by atoms with Gasteiger partial charge in [-0.25, -0.2) is 0 Å². The van der Waals surface area contributed by atoms with Gasteiger partial charge < -0.3 is 10.6 Å². The number of nitrogens with two attached hydrogens (primary N) is 1. The van der Waals surface area contributed by atoms with Crippen molar-refractivity contribution in [3.63, 3.8) is 0 Å². The second-order valence-electron chi connectivity index (χ2n) is 6.46. The molecule has 1 amide bonds. The Morgan fingerprint density at radius 3 is 2.52 bits per heavy atom. The fraction of sp³-hybridized carbons (Fsp3) is 0.250. The number of hydrogen-bond acceptors (Lipinski definition) is 4. The zero-order chi connectivity index (χ0) is 17.2. The van der Waals surface area contributed by atoms with Gasteiger partial charge in [-0.15, -0.1) is 11.3 Å². The maximum absolute atomic E-state index is 12.8. The van der Waals surface area contributed by atoms with E-state index >= 15 is 0 Å². The summed E-state index contributed by atoms with van der Waals surface area (Å²) in [5.74, 6) is 0.138. The third kappa shape index (κ3) is 3.52. The predicted octanol–water partition coefficient (Wildman–Crippen LogP) is 3.44. The Hall–Kier alpha value is -2.37. The van der Waals surface area contributed by atoms with Gasteiger partial charge in [-0.1, -0.05) is 30.3 Å². The zero-order valence-electron chi connectivity index (χ0n) is 14.0. The van der Waals surface area contributed by atoms with E-state index in [-0.39, 0.29) is 5.91 Å². The largest absolute Gasteiger partial charge is 0.399 e. The molecule has 0 saturated carbocycles. The average Bonchev–Trinajstić information content (AvgIpc) is 3.06. The Morgan fingerprint density at radius 1 is 1.00 bits per heavy atom. The Labute approximate surface area is 151 Å². The van der Waals surface area contributed by atoms with Crippen molar-refractivity contribution in [1.82, 2.24) is 9.80 Å². The summed E-state index contributed by atoms with van der Waals surface area (Å²) in [6, 6.07) is 18.3. The number of amides is 1. The molecule has 5 heteroatoms. The number of carbonyl (C=O) groups excluding carboxylic acids is 1. The van der Waals surface area contributed by atoms with E-state index in [0.29, 0.717) is 0 Å². The summed E-state index contributed by atoms with van der Waals surface area (Å²) in [4.78, 5) is 18.0. The molecule has 0 radical (unpaired) electrons.